The van der Waals surface area contributed by atoms with Gasteiger partial charge >= 0.3 is 0 Å². The van der Waals surface area contributed by atoms with Gasteiger partial charge in [0, 0.05) is 27.0 Å². The van der Waals surface area contributed by atoms with Crippen molar-refractivity contribution in [2.24, 2.45) is 5.73 Å². The van der Waals surface area contributed by atoms with E-state index in [9.17, 15) is 0 Å². The van der Waals surface area contributed by atoms with Crippen molar-refractivity contribution in [3.05, 3.63) is 62.0 Å². The summed E-state index contributed by atoms with van der Waals surface area (Å²) in [5, 5.41) is 0. The number of benzene rings is 2. The summed E-state index contributed by atoms with van der Waals surface area (Å²) in [6.45, 7) is 2.08. The summed E-state index contributed by atoms with van der Waals surface area (Å²) in [5.41, 5.74) is 9.76. The molecular formula is C16H15Br2NO. The molecule has 1 heterocycles. The third kappa shape index (κ3) is 2.65. The van der Waals surface area contributed by atoms with E-state index in [4.69, 9.17) is 10.5 Å². The molecule has 0 spiro atoms. The molecule has 3 rings (SSSR count). The normalized spacial score (nSPS) is 21.2. The van der Waals surface area contributed by atoms with E-state index in [1.807, 2.05) is 18.2 Å². The van der Waals surface area contributed by atoms with Crippen LogP contribution in [0.25, 0.3) is 0 Å². The van der Waals surface area contributed by atoms with Crippen molar-refractivity contribution in [1.82, 2.24) is 0 Å². The average Bonchev–Trinajstić information content (AvgIpc) is 2.42. The van der Waals surface area contributed by atoms with E-state index in [-0.39, 0.29) is 12.1 Å². The van der Waals surface area contributed by atoms with Crippen molar-refractivity contribution in [2.45, 2.75) is 25.5 Å². The van der Waals surface area contributed by atoms with Crippen molar-refractivity contribution < 1.29 is 4.74 Å². The average molecular weight is 397 g/mol. The first kappa shape index (κ1) is 14.1. The first-order valence-electron chi connectivity index (χ1n) is 6.52. The Bertz CT molecular complexity index is 657. The molecule has 2 unspecified atom stereocenters. The summed E-state index contributed by atoms with van der Waals surface area (Å²) < 4.78 is 8.27. The molecule has 20 heavy (non-hydrogen) atoms. The molecule has 4 heteroatoms. The third-order valence-electron chi connectivity index (χ3n) is 3.66. The maximum Gasteiger partial charge on any atom is 0.126 e. The van der Waals surface area contributed by atoms with E-state index in [1.165, 1.54) is 11.1 Å². The van der Waals surface area contributed by atoms with Gasteiger partial charge in [-0.1, -0.05) is 44.0 Å². The van der Waals surface area contributed by atoms with Gasteiger partial charge in [-0.25, -0.2) is 0 Å². The van der Waals surface area contributed by atoms with Gasteiger partial charge in [-0.15, -0.1) is 0 Å². The largest absolute Gasteiger partial charge is 0.485 e. The maximum atomic E-state index is 6.30. The molecule has 2 nitrogen and oxygen atoms in total. The van der Waals surface area contributed by atoms with Gasteiger partial charge in [0.15, 0.2) is 0 Å². The zero-order chi connectivity index (χ0) is 14.3. The Morgan fingerprint density at radius 2 is 1.95 bits per heavy atom. The fraction of sp³-hybridized carbons (Fsp3) is 0.250. The molecule has 0 aromatic heterocycles. The molecule has 0 fully saturated rings. The number of fused-ring (bicyclic) bond motifs is 1. The lowest BCUT2D eigenvalue weighted by Gasteiger charge is -2.31. The zero-order valence-corrected chi connectivity index (χ0v) is 14.2. The Hall–Kier alpha value is -0.840. The van der Waals surface area contributed by atoms with Crippen LogP contribution in [0.1, 0.15) is 35.3 Å². The molecule has 104 valence electrons. The fourth-order valence-electron chi connectivity index (χ4n) is 2.55. The van der Waals surface area contributed by atoms with Crippen LogP contribution in [0.3, 0.4) is 0 Å². The second-order valence-electron chi connectivity index (χ2n) is 5.14. The minimum absolute atomic E-state index is 0.00482. The Labute approximate surface area is 135 Å². The first-order valence-corrected chi connectivity index (χ1v) is 8.11. The number of halogens is 2. The van der Waals surface area contributed by atoms with Gasteiger partial charge in [-0.3, -0.25) is 0 Å². The molecule has 0 saturated heterocycles. The number of rotatable bonds is 1. The Balaban J connectivity index is 1.94. The SMILES string of the molecule is Cc1cc(C2CC(N)c3cc(Br)ccc3O2)ccc1Br. The highest BCUT2D eigenvalue weighted by atomic mass is 79.9. The van der Waals surface area contributed by atoms with Crippen molar-refractivity contribution in [3.8, 4) is 5.75 Å². The Kier molecular flexibility index (Phi) is 3.89. The lowest BCUT2D eigenvalue weighted by atomic mass is 9.93. The van der Waals surface area contributed by atoms with Gasteiger partial charge in [-0.2, -0.15) is 0 Å². The number of aryl methyl sites for hydroxylation is 1. The zero-order valence-electron chi connectivity index (χ0n) is 11.1. The van der Waals surface area contributed by atoms with Gasteiger partial charge in [0.2, 0.25) is 0 Å². The second-order valence-corrected chi connectivity index (χ2v) is 6.91. The predicted molar refractivity (Wildman–Crippen MR) is 87.9 cm³/mol. The van der Waals surface area contributed by atoms with Gasteiger partial charge in [0.1, 0.15) is 11.9 Å². The van der Waals surface area contributed by atoms with E-state index in [1.54, 1.807) is 0 Å². The number of nitrogens with two attached hydrogens (primary N) is 1. The summed E-state index contributed by atoms with van der Waals surface area (Å²) in [6.07, 6.45) is 0.815. The lowest BCUT2D eigenvalue weighted by molar-refractivity contribution is 0.161. The predicted octanol–water partition coefficient (Wildman–Crippen LogP) is 5.04. The van der Waals surface area contributed by atoms with Crippen molar-refractivity contribution in [2.75, 3.05) is 0 Å². The Morgan fingerprint density at radius 1 is 1.15 bits per heavy atom. The van der Waals surface area contributed by atoms with Crippen LogP contribution in [0.4, 0.5) is 0 Å². The monoisotopic (exact) mass is 395 g/mol. The highest BCUT2D eigenvalue weighted by Gasteiger charge is 2.27. The topological polar surface area (TPSA) is 35.2 Å². The molecule has 2 N–H and O–H groups in total. The molecule has 0 amide bonds. The highest BCUT2D eigenvalue weighted by Crippen LogP contribution is 2.41. The summed E-state index contributed by atoms with van der Waals surface area (Å²) in [7, 11) is 0. The van der Waals surface area contributed by atoms with Crippen LogP contribution in [-0.2, 0) is 0 Å². The molecule has 2 atom stereocenters. The van der Waals surface area contributed by atoms with Crippen LogP contribution < -0.4 is 10.5 Å². The quantitative estimate of drug-likeness (QED) is 0.732. The third-order valence-corrected chi connectivity index (χ3v) is 5.05. The van der Waals surface area contributed by atoms with Crippen LogP contribution >= 0.6 is 31.9 Å². The van der Waals surface area contributed by atoms with E-state index in [0.717, 1.165) is 26.7 Å². The molecule has 0 aliphatic carbocycles. The fourth-order valence-corrected chi connectivity index (χ4v) is 3.17. The van der Waals surface area contributed by atoms with Crippen molar-refractivity contribution in [3.63, 3.8) is 0 Å². The minimum atomic E-state index is 0.00482. The number of ether oxygens (including phenoxy) is 1. The van der Waals surface area contributed by atoms with Gasteiger partial charge in [0.25, 0.3) is 0 Å². The van der Waals surface area contributed by atoms with E-state index < -0.39 is 0 Å². The molecule has 2 aromatic carbocycles. The second kappa shape index (κ2) is 5.51. The van der Waals surface area contributed by atoms with Gasteiger partial charge < -0.3 is 10.5 Å². The van der Waals surface area contributed by atoms with E-state index >= 15 is 0 Å². The lowest BCUT2D eigenvalue weighted by Crippen LogP contribution is -2.24. The molecular weight excluding hydrogens is 382 g/mol. The molecule has 1 aliphatic heterocycles. The van der Waals surface area contributed by atoms with Crippen molar-refractivity contribution in [1.29, 1.82) is 0 Å². The van der Waals surface area contributed by atoms with E-state index in [0.29, 0.717) is 0 Å². The smallest absolute Gasteiger partial charge is 0.126 e. The highest BCUT2D eigenvalue weighted by molar-refractivity contribution is 9.10. The molecule has 0 radical (unpaired) electrons. The summed E-state index contributed by atoms with van der Waals surface area (Å²) in [6, 6.07) is 12.3. The van der Waals surface area contributed by atoms with Crippen LogP contribution in [0.15, 0.2) is 45.3 Å². The number of hydrogen-bond acceptors (Lipinski definition) is 2. The molecule has 0 bridgehead atoms. The molecule has 0 saturated carbocycles. The Morgan fingerprint density at radius 3 is 2.70 bits per heavy atom. The van der Waals surface area contributed by atoms with Crippen LogP contribution in [0.2, 0.25) is 0 Å². The van der Waals surface area contributed by atoms with Gasteiger partial charge in [-0.05, 0) is 42.3 Å². The van der Waals surface area contributed by atoms with E-state index in [2.05, 4.69) is 57.0 Å². The summed E-state index contributed by atoms with van der Waals surface area (Å²) >= 11 is 7.01. The van der Waals surface area contributed by atoms with Crippen LogP contribution in [-0.4, -0.2) is 0 Å². The molecule has 2 aromatic rings. The van der Waals surface area contributed by atoms with Crippen molar-refractivity contribution >= 4 is 31.9 Å². The number of hydrogen-bond donors (Lipinski definition) is 1. The minimum Gasteiger partial charge on any atom is -0.485 e. The maximum absolute atomic E-state index is 6.30. The van der Waals surface area contributed by atoms with Gasteiger partial charge in [0.05, 0.1) is 0 Å². The summed E-state index contributed by atoms with van der Waals surface area (Å²) in [5.74, 6) is 0.887. The summed E-state index contributed by atoms with van der Waals surface area (Å²) in [4.78, 5) is 0. The first-order chi connectivity index (χ1) is 9.54. The molecule has 1 aliphatic rings. The van der Waals surface area contributed by atoms with Crippen LogP contribution in [0, 0.1) is 6.92 Å². The van der Waals surface area contributed by atoms with Crippen LogP contribution in [0.5, 0.6) is 5.75 Å². The standard InChI is InChI=1S/C16H15Br2NO/c1-9-6-10(2-4-13(9)18)16-8-14(19)12-7-11(17)3-5-15(12)20-16/h2-7,14,16H,8,19H2,1H3.